The van der Waals surface area contributed by atoms with Crippen LogP contribution in [0.1, 0.15) is 52.0 Å². The van der Waals surface area contributed by atoms with Gasteiger partial charge < -0.3 is 24.8 Å². The van der Waals surface area contributed by atoms with E-state index in [1.165, 1.54) is 13.3 Å². The van der Waals surface area contributed by atoms with E-state index < -0.39 is 18.5 Å². The number of nitriles is 1. The van der Waals surface area contributed by atoms with Gasteiger partial charge in [0, 0.05) is 57.1 Å². The maximum Gasteiger partial charge on any atom is 0.181 e. The third kappa shape index (κ3) is 5.17. The van der Waals surface area contributed by atoms with Crippen LogP contribution in [0.15, 0.2) is 24.4 Å². The van der Waals surface area contributed by atoms with Crippen LogP contribution >= 0.6 is 0 Å². The molecule has 4 rings (SSSR count). The van der Waals surface area contributed by atoms with E-state index in [4.69, 9.17) is 14.7 Å². The molecule has 33 heavy (non-hydrogen) atoms. The molecular weight excluding hydrogens is 424 g/mol. The number of rotatable bonds is 7. The zero-order chi connectivity index (χ0) is 23.5. The number of aryl methyl sites for hydroxylation is 1. The van der Waals surface area contributed by atoms with Gasteiger partial charge in [0.25, 0.3) is 0 Å². The van der Waals surface area contributed by atoms with Crippen molar-refractivity contribution in [1.82, 2.24) is 14.8 Å². The molecule has 2 aromatic rings. The minimum Gasteiger partial charge on any atom is -0.495 e. The fourth-order valence-corrected chi connectivity index (χ4v) is 4.49. The van der Waals surface area contributed by atoms with Crippen molar-refractivity contribution < 1.29 is 24.8 Å². The fourth-order valence-electron chi connectivity index (χ4n) is 4.49. The number of hydrogen-bond donors (Lipinski definition) is 3. The first-order chi connectivity index (χ1) is 15.9. The van der Waals surface area contributed by atoms with Crippen molar-refractivity contribution in [2.45, 2.75) is 32.0 Å². The van der Waals surface area contributed by atoms with E-state index >= 15 is 0 Å². The second-order valence-electron chi connectivity index (χ2n) is 8.63. The zero-order valence-electron chi connectivity index (χ0n) is 18.9. The predicted molar refractivity (Wildman–Crippen MR) is 119 cm³/mol. The van der Waals surface area contributed by atoms with E-state index in [0.717, 1.165) is 48.4 Å². The molecule has 0 spiro atoms. The lowest BCUT2D eigenvalue weighted by atomic mass is 9.96. The highest BCUT2D eigenvalue weighted by atomic mass is 16.6. The quantitative estimate of drug-likeness (QED) is 0.566. The maximum absolute atomic E-state index is 10.9. The number of β-amino-alcohol motifs (C(OH)–C–C–N with tert-alkyl or cyclic N) is 2. The number of methoxy groups -OCH3 is 1. The van der Waals surface area contributed by atoms with Crippen LogP contribution in [0.5, 0.6) is 5.75 Å². The Balaban J connectivity index is 1.30. The van der Waals surface area contributed by atoms with Gasteiger partial charge in [0.15, 0.2) is 6.29 Å². The summed E-state index contributed by atoms with van der Waals surface area (Å²) < 4.78 is 10.5. The molecule has 2 aliphatic rings. The Morgan fingerprint density at radius 1 is 1.15 bits per heavy atom. The van der Waals surface area contributed by atoms with Gasteiger partial charge in [-0.1, -0.05) is 12.1 Å². The number of benzene rings is 1. The molecule has 2 aliphatic heterocycles. The lowest BCUT2D eigenvalue weighted by Gasteiger charge is -2.36. The van der Waals surface area contributed by atoms with Crippen LogP contribution in [0.25, 0.3) is 0 Å². The van der Waals surface area contributed by atoms with Gasteiger partial charge in [-0.15, -0.1) is 0 Å². The first-order valence-electron chi connectivity index (χ1n) is 11.1. The SMILES string of the molecule is COc1cc(C(O)CN2CCN(CC(O)c3cc4c(cc3C)C(O)OC4)CC2)ncc1C#N. The number of aliphatic hydroxyl groups excluding tert-OH is 3. The molecule has 0 radical (unpaired) electrons. The lowest BCUT2D eigenvalue weighted by molar-refractivity contribution is -0.0918. The smallest absolute Gasteiger partial charge is 0.181 e. The summed E-state index contributed by atoms with van der Waals surface area (Å²) >= 11 is 0. The summed E-state index contributed by atoms with van der Waals surface area (Å²) in [4.78, 5) is 8.58. The Bertz CT molecular complexity index is 1030. The molecule has 0 saturated carbocycles. The lowest BCUT2D eigenvalue weighted by Crippen LogP contribution is -2.48. The number of aromatic nitrogens is 1. The van der Waals surface area contributed by atoms with Gasteiger partial charge in [0.2, 0.25) is 0 Å². The van der Waals surface area contributed by atoms with Crippen molar-refractivity contribution in [1.29, 1.82) is 5.26 Å². The number of hydrogen-bond acceptors (Lipinski definition) is 9. The standard InChI is InChI=1S/C24H30N4O5/c1-15-7-19-16(14-33-24(19)31)8-18(15)21(29)12-27-3-5-28(6-4-27)13-22(30)20-9-23(32-2)17(10-25)11-26-20/h7-9,11,21-22,24,29-31H,3-6,12-14H2,1-2H3. The molecule has 9 heteroatoms. The van der Waals surface area contributed by atoms with Crippen LogP contribution in [0.2, 0.25) is 0 Å². The Morgan fingerprint density at radius 2 is 1.82 bits per heavy atom. The van der Waals surface area contributed by atoms with E-state index in [2.05, 4.69) is 14.8 Å². The summed E-state index contributed by atoms with van der Waals surface area (Å²) in [5, 5.41) is 40.4. The summed E-state index contributed by atoms with van der Waals surface area (Å²) in [6.45, 7) is 6.34. The van der Waals surface area contributed by atoms with Crippen molar-refractivity contribution in [3.05, 3.63) is 57.9 Å². The van der Waals surface area contributed by atoms with Crippen LogP contribution in [0.3, 0.4) is 0 Å². The molecule has 0 aliphatic carbocycles. The van der Waals surface area contributed by atoms with Crippen LogP contribution < -0.4 is 4.74 Å². The largest absolute Gasteiger partial charge is 0.495 e. The summed E-state index contributed by atoms with van der Waals surface area (Å²) in [6.07, 6.45) is -0.866. The molecule has 9 nitrogen and oxygen atoms in total. The van der Waals surface area contributed by atoms with Crippen LogP contribution in [0, 0.1) is 18.3 Å². The highest BCUT2D eigenvalue weighted by Gasteiger charge is 2.26. The highest BCUT2D eigenvalue weighted by Crippen LogP contribution is 2.33. The minimum absolute atomic E-state index is 0.336. The third-order valence-corrected chi connectivity index (χ3v) is 6.45. The van der Waals surface area contributed by atoms with Crippen molar-refractivity contribution in [3.8, 4) is 11.8 Å². The summed E-state index contributed by atoms with van der Waals surface area (Å²) in [6, 6.07) is 7.47. The van der Waals surface area contributed by atoms with Crippen LogP contribution in [-0.2, 0) is 11.3 Å². The summed E-state index contributed by atoms with van der Waals surface area (Å²) in [5.74, 6) is 0.406. The average molecular weight is 455 g/mol. The van der Waals surface area contributed by atoms with Crippen molar-refractivity contribution in [3.63, 3.8) is 0 Å². The maximum atomic E-state index is 10.9. The van der Waals surface area contributed by atoms with Crippen LogP contribution in [-0.4, -0.2) is 76.5 Å². The second kappa shape index (κ2) is 10.1. The Labute approximate surface area is 193 Å². The topological polar surface area (TPSA) is 122 Å². The molecule has 3 heterocycles. The number of aliphatic hydroxyl groups is 3. The van der Waals surface area contributed by atoms with Gasteiger partial charge in [0.1, 0.15) is 23.5 Å². The number of ether oxygens (including phenoxy) is 2. The monoisotopic (exact) mass is 454 g/mol. The zero-order valence-corrected chi connectivity index (χ0v) is 18.9. The Hall–Kier alpha value is -2.58. The molecule has 3 atom stereocenters. The van der Waals surface area contributed by atoms with E-state index in [1.54, 1.807) is 6.07 Å². The molecule has 1 fully saturated rings. The number of piperazine rings is 1. The highest BCUT2D eigenvalue weighted by molar-refractivity contribution is 5.42. The predicted octanol–water partition coefficient (Wildman–Crippen LogP) is 1.18. The first kappa shape index (κ1) is 23.6. The minimum atomic E-state index is -0.881. The van der Waals surface area contributed by atoms with Gasteiger partial charge in [0.05, 0.1) is 25.5 Å². The number of fused-ring (bicyclic) bond motifs is 1. The fraction of sp³-hybridized carbons (Fsp3) is 0.500. The molecule has 0 bridgehead atoms. The van der Waals surface area contributed by atoms with Gasteiger partial charge >= 0.3 is 0 Å². The number of nitrogens with zero attached hydrogens (tertiary/aromatic N) is 4. The Morgan fingerprint density at radius 3 is 2.45 bits per heavy atom. The van der Waals surface area contributed by atoms with Crippen molar-refractivity contribution >= 4 is 0 Å². The summed E-state index contributed by atoms with van der Waals surface area (Å²) in [5.41, 5.74) is 4.33. The molecule has 3 N–H and O–H groups in total. The molecular formula is C24H30N4O5. The Kier molecular flexibility index (Phi) is 7.24. The number of pyridine rings is 1. The van der Waals surface area contributed by atoms with Gasteiger partial charge in [-0.05, 0) is 23.6 Å². The van der Waals surface area contributed by atoms with Crippen molar-refractivity contribution in [2.75, 3.05) is 46.4 Å². The van der Waals surface area contributed by atoms with E-state index in [0.29, 0.717) is 36.7 Å². The molecule has 1 saturated heterocycles. The van der Waals surface area contributed by atoms with Gasteiger partial charge in [-0.3, -0.25) is 14.8 Å². The van der Waals surface area contributed by atoms with Crippen molar-refractivity contribution in [2.24, 2.45) is 0 Å². The first-order valence-corrected chi connectivity index (χ1v) is 11.1. The third-order valence-electron chi connectivity index (χ3n) is 6.45. The summed E-state index contributed by atoms with van der Waals surface area (Å²) in [7, 11) is 1.49. The van der Waals surface area contributed by atoms with Gasteiger partial charge in [-0.25, -0.2) is 0 Å². The molecule has 0 amide bonds. The normalized spacial score (nSPS) is 20.8. The van der Waals surface area contributed by atoms with E-state index in [9.17, 15) is 15.3 Å². The van der Waals surface area contributed by atoms with Crippen LogP contribution in [0.4, 0.5) is 0 Å². The molecule has 1 aromatic carbocycles. The second-order valence-corrected chi connectivity index (χ2v) is 8.63. The van der Waals surface area contributed by atoms with Gasteiger partial charge in [-0.2, -0.15) is 5.26 Å². The average Bonchev–Trinajstić information content (AvgIpc) is 3.18. The molecule has 1 aromatic heterocycles. The van der Waals surface area contributed by atoms with E-state index in [1.807, 2.05) is 25.1 Å². The molecule has 176 valence electrons. The van der Waals surface area contributed by atoms with E-state index in [-0.39, 0.29) is 0 Å². The molecule has 3 unspecified atom stereocenters.